The van der Waals surface area contributed by atoms with Gasteiger partial charge in [0.05, 0.1) is 0 Å². The normalized spacial score (nSPS) is 13.2. The average Bonchev–Trinajstić information content (AvgIpc) is 2.34. The maximum atomic E-state index is 11.4. The van der Waals surface area contributed by atoms with Crippen molar-refractivity contribution in [3.8, 4) is 0 Å². The fourth-order valence-electron chi connectivity index (χ4n) is 1.83. The Balaban J connectivity index is 2.96. The van der Waals surface area contributed by atoms with E-state index < -0.39 is 0 Å². The number of hydrogen-bond acceptors (Lipinski definition) is 2. The van der Waals surface area contributed by atoms with Gasteiger partial charge in [-0.1, -0.05) is 58.9 Å². The Kier molecular flexibility index (Phi) is 4.94. The minimum Gasteiger partial charge on any atom is -0.457 e. The first kappa shape index (κ1) is 14.7. The molecule has 0 aliphatic heterocycles. The van der Waals surface area contributed by atoms with Gasteiger partial charge in [0.2, 0.25) is 0 Å². The van der Waals surface area contributed by atoms with E-state index in [2.05, 4.69) is 32.9 Å². The summed E-state index contributed by atoms with van der Waals surface area (Å²) in [7, 11) is 0. The van der Waals surface area contributed by atoms with Gasteiger partial charge in [-0.15, -0.1) is 0 Å². The molecule has 0 aromatic heterocycles. The Morgan fingerprint density at radius 2 is 1.94 bits per heavy atom. The zero-order chi connectivity index (χ0) is 13.8. The molecule has 1 rings (SSSR count). The van der Waals surface area contributed by atoms with Crippen LogP contribution in [0, 0.1) is 0 Å². The lowest BCUT2D eigenvalue weighted by Crippen LogP contribution is -2.14. The first-order valence-corrected chi connectivity index (χ1v) is 6.68. The predicted octanol–water partition coefficient (Wildman–Crippen LogP) is 4.39. The number of esters is 1. The van der Waals surface area contributed by atoms with E-state index in [0.717, 1.165) is 12.0 Å². The fraction of sp³-hybridized carbons (Fsp3) is 0.562. The third-order valence-corrected chi connectivity index (χ3v) is 3.06. The standard InChI is InChI=1S/C16H24O2/c1-6-14(18-15(17)7-2)12-9-8-10-13(11-12)16(3,4)5/h8-11,14H,6-7H2,1-5H3. The van der Waals surface area contributed by atoms with Crippen LogP contribution >= 0.6 is 0 Å². The van der Waals surface area contributed by atoms with Crippen LogP contribution < -0.4 is 0 Å². The third kappa shape index (κ3) is 3.86. The number of benzene rings is 1. The zero-order valence-electron chi connectivity index (χ0n) is 12.1. The van der Waals surface area contributed by atoms with Crippen molar-refractivity contribution in [1.82, 2.24) is 0 Å². The predicted molar refractivity (Wildman–Crippen MR) is 74.6 cm³/mol. The van der Waals surface area contributed by atoms with Gasteiger partial charge < -0.3 is 4.74 Å². The lowest BCUT2D eigenvalue weighted by Gasteiger charge is -2.22. The number of hydrogen-bond donors (Lipinski definition) is 0. The number of carbonyl (C=O) groups excluding carboxylic acids is 1. The van der Waals surface area contributed by atoms with Crippen LogP contribution in [0.5, 0.6) is 0 Å². The highest BCUT2D eigenvalue weighted by molar-refractivity contribution is 5.69. The Hall–Kier alpha value is -1.31. The molecule has 1 atom stereocenters. The summed E-state index contributed by atoms with van der Waals surface area (Å²) in [6, 6.07) is 8.35. The monoisotopic (exact) mass is 248 g/mol. The van der Waals surface area contributed by atoms with Crippen LogP contribution in [0.15, 0.2) is 24.3 Å². The molecule has 1 aromatic carbocycles. The van der Waals surface area contributed by atoms with Crippen molar-refractivity contribution in [3.63, 3.8) is 0 Å². The number of ether oxygens (including phenoxy) is 1. The van der Waals surface area contributed by atoms with Gasteiger partial charge in [-0.3, -0.25) is 4.79 Å². The molecule has 0 fully saturated rings. The second-order valence-electron chi connectivity index (χ2n) is 5.62. The van der Waals surface area contributed by atoms with E-state index in [9.17, 15) is 4.79 Å². The number of carbonyl (C=O) groups is 1. The summed E-state index contributed by atoms with van der Waals surface area (Å²) >= 11 is 0. The highest BCUT2D eigenvalue weighted by Gasteiger charge is 2.18. The molecule has 2 heteroatoms. The molecule has 0 heterocycles. The average molecular weight is 248 g/mol. The van der Waals surface area contributed by atoms with Crippen molar-refractivity contribution in [3.05, 3.63) is 35.4 Å². The molecule has 18 heavy (non-hydrogen) atoms. The number of rotatable bonds is 4. The van der Waals surface area contributed by atoms with Gasteiger partial charge in [0, 0.05) is 6.42 Å². The Bertz CT molecular complexity index is 402. The SMILES string of the molecule is CCC(=O)OC(CC)c1cccc(C(C)(C)C)c1. The van der Waals surface area contributed by atoms with Gasteiger partial charge in [0.25, 0.3) is 0 Å². The quantitative estimate of drug-likeness (QED) is 0.739. The maximum Gasteiger partial charge on any atom is 0.306 e. The first-order valence-electron chi connectivity index (χ1n) is 6.68. The zero-order valence-corrected chi connectivity index (χ0v) is 12.1. The van der Waals surface area contributed by atoms with E-state index in [1.165, 1.54) is 5.56 Å². The largest absolute Gasteiger partial charge is 0.457 e. The van der Waals surface area contributed by atoms with Crippen LogP contribution in [0.2, 0.25) is 0 Å². The molecule has 0 saturated carbocycles. The molecular weight excluding hydrogens is 224 g/mol. The summed E-state index contributed by atoms with van der Waals surface area (Å²) in [6.45, 7) is 10.4. The van der Waals surface area contributed by atoms with Gasteiger partial charge in [-0.25, -0.2) is 0 Å². The highest BCUT2D eigenvalue weighted by Crippen LogP contribution is 2.28. The minimum atomic E-state index is -0.136. The second-order valence-corrected chi connectivity index (χ2v) is 5.62. The van der Waals surface area contributed by atoms with E-state index in [1.54, 1.807) is 0 Å². The maximum absolute atomic E-state index is 11.4. The summed E-state index contributed by atoms with van der Waals surface area (Å²) in [5, 5.41) is 0. The molecule has 0 saturated heterocycles. The summed E-state index contributed by atoms with van der Waals surface area (Å²) in [5.41, 5.74) is 2.47. The van der Waals surface area contributed by atoms with Crippen molar-refractivity contribution in [2.24, 2.45) is 0 Å². The molecule has 0 N–H and O–H groups in total. The van der Waals surface area contributed by atoms with E-state index in [1.807, 2.05) is 26.0 Å². The van der Waals surface area contributed by atoms with Gasteiger partial charge in [0.15, 0.2) is 0 Å². The van der Waals surface area contributed by atoms with E-state index in [-0.39, 0.29) is 17.5 Å². The van der Waals surface area contributed by atoms with Crippen molar-refractivity contribution in [2.75, 3.05) is 0 Å². The van der Waals surface area contributed by atoms with Gasteiger partial charge >= 0.3 is 5.97 Å². The highest BCUT2D eigenvalue weighted by atomic mass is 16.5. The van der Waals surface area contributed by atoms with Gasteiger partial charge in [-0.05, 0) is 23.0 Å². The summed E-state index contributed by atoms with van der Waals surface area (Å²) in [5.74, 6) is -0.136. The molecule has 0 radical (unpaired) electrons. The molecule has 1 aromatic rings. The Morgan fingerprint density at radius 3 is 2.44 bits per heavy atom. The van der Waals surface area contributed by atoms with Crippen molar-refractivity contribution >= 4 is 5.97 Å². The Labute approximate surface area is 110 Å². The summed E-state index contributed by atoms with van der Waals surface area (Å²) < 4.78 is 5.46. The van der Waals surface area contributed by atoms with Crippen LogP contribution in [-0.4, -0.2) is 5.97 Å². The van der Waals surface area contributed by atoms with Gasteiger partial charge in [-0.2, -0.15) is 0 Å². The van der Waals surface area contributed by atoms with Crippen LogP contribution in [0.4, 0.5) is 0 Å². The molecular formula is C16H24O2. The fourth-order valence-corrected chi connectivity index (χ4v) is 1.83. The smallest absolute Gasteiger partial charge is 0.306 e. The second kappa shape index (κ2) is 6.03. The summed E-state index contributed by atoms with van der Waals surface area (Å²) in [6.07, 6.45) is 1.11. The lowest BCUT2D eigenvalue weighted by molar-refractivity contribution is -0.149. The molecule has 0 aliphatic rings. The molecule has 0 amide bonds. The molecule has 0 aliphatic carbocycles. The minimum absolute atomic E-state index is 0.114. The van der Waals surface area contributed by atoms with Crippen LogP contribution in [-0.2, 0) is 14.9 Å². The van der Waals surface area contributed by atoms with Crippen LogP contribution in [0.3, 0.4) is 0 Å². The van der Waals surface area contributed by atoms with Crippen LogP contribution in [0.1, 0.15) is 64.7 Å². The molecule has 100 valence electrons. The molecule has 2 nitrogen and oxygen atoms in total. The first-order chi connectivity index (χ1) is 8.38. The van der Waals surface area contributed by atoms with Crippen molar-refractivity contribution < 1.29 is 9.53 Å². The van der Waals surface area contributed by atoms with E-state index in [4.69, 9.17) is 4.74 Å². The lowest BCUT2D eigenvalue weighted by atomic mass is 9.85. The summed E-state index contributed by atoms with van der Waals surface area (Å²) in [4.78, 5) is 11.4. The molecule has 0 bridgehead atoms. The molecule has 1 unspecified atom stereocenters. The topological polar surface area (TPSA) is 26.3 Å². The van der Waals surface area contributed by atoms with Gasteiger partial charge in [0.1, 0.15) is 6.10 Å². The van der Waals surface area contributed by atoms with Crippen molar-refractivity contribution in [2.45, 2.75) is 59.0 Å². The third-order valence-electron chi connectivity index (χ3n) is 3.06. The van der Waals surface area contributed by atoms with E-state index >= 15 is 0 Å². The van der Waals surface area contributed by atoms with Crippen molar-refractivity contribution in [1.29, 1.82) is 0 Å². The molecule has 0 spiro atoms. The Morgan fingerprint density at radius 1 is 1.28 bits per heavy atom. The van der Waals surface area contributed by atoms with Crippen LogP contribution in [0.25, 0.3) is 0 Å². The van der Waals surface area contributed by atoms with E-state index in [0.29, 0.717) is 6.42 Å².